The quantitative estimate of drug-likeness (QED) is 0.445. The molecule has 0 aliphatic carbocycles. The van der Waals surface area contributed by atoms with Gasteiger partial charge in [0.15, 0.2) is 6.61 Å². The van der Waals surface area contributed by atoms with Gasteiger partial charge in [-0.25, -0.2) is 13.2 Å². The van der Waals surface area contributed by atoms with E-state index in [0.29, 0.717) is 17.1 Å². The number of amides is 1. The fraction of sp³-hybridized carbons (Fsp3) is 0.167. The van der Waals surface area contributed by atoms with Crippen molar-refractivity contribution in [3.8, 4) is 11.5 Å². The molecule has 3 aromatic carbocycles. The highest BCUT2D eigenvalue weighted by molar-refractivity contribution is 7.92. The number of aryl methyl sites for hydroxylation is 1. The Hall–Kier alpha value is -4.05. The van der Waals surface area contributed by atoms with Gasteiger partial charge in [-0.15, -0.1) is 0 Å². The Morgan fingerprint density at radius 1 is 0.853 bits per heavy atom. The highest BCUT2D eigenvalue weighted by Crippen LogP contribution is 2.27. The summed E-state index contributed by atoms with van der Waals surface area (Å²) < 4.78 is 43.6. The predicted octanol–water partition coefficient (Wildman–Crippen LogP) is 3.61. The Kier molecular flexibility index (Phi) is 7.75. The monoisotopic (exact) mass is 484 g/mol. The normalized spacial score (nSPS) is 10.8. The van der Waals surface area contributed by atoms with Crippen LogP contribution in [0.1, 0.15) is 15.9 Å². The number of carbonyl (C=O) groups is 2. The van der Waals surface area contributed by atoms with E-state index in [4.69, 9.17) is 14.2 Å². The van der Waals surface area contributed by atoms with Crippen LogP contribution in [-0.2, 0) is 19.6 Å². The van der Waals surface area contributed by atoms with Crippen LogP contribution in [0, 0.1) is 6.92 Å². The number of anilines is 2. The molecule has 178 valence electrons. The maximum atomic E-state index is 12.9. The number of hydrogen-bond donors (Lipinski definition) is 2. The van der Waals surface area contributed by atoms with Crippen molar-refractivity contribution in [2.75, 3.05) is 30.9 Å². The third-order valence-corrected chi connectivity index (χ3v) is 6.10. The fourth-order valence-corrected chi connectivity index (χ4v) is 4.19. The maximum absolute atomic E-state index is 12.9. The van der Waals surface area contributed by atoms with Crippen LogP contribution in [0.2, 0.25) is 0 Å². The summed E-state index contributed by atoms with van der Waals surface area (Å²) in [6.45, 7) is 1.33. The van der Waals surface area contributed by atoms with Crippen LogP contribution in [0.4, 0.5) is 11.4 Å². The number of methoxy groups -OCH3 is 2. The lowest BCUT2D eigenvalue weighted by Gasteiger charge is -2.13. The van der Waals surface area contributed by atoms with Gasteiger partial charge in [-0.3, -0.25) is 9.52 Å². The first-order valence-corrected chi connectivity index (χ1v) is 11.6. The van der Waals surface area contributed by atoms with Crippen LogP contribution < -0.4 is 19.5 Å². The maximum Gasteiger partial charge on any atom is 0.338 e. The van der Waals surface area contributed by atoms with E-state index in [1.54, 1.807) is 48.5 Å². The van der Waals surface area contributed by atoms with Gasteiger partial charge in [0.05, 0.1) is 19.8 Å². The second kappa shape index (κ2) is 10.7. The summed E-state index contributed by atoms with van der Waals surface area (Å²) in [7, 11) is -1.22. The summed E-state index contributed by atoms with van der Waals surface area (Å²) in [6, 6.07) is 17.2. The lowest BCUT2D eigenvalue weighted by atomic mass is 10.2. The van der Waals surface area contributed by atoms with E-state index < -0.39 is 28.5 Å². The molecule has 3 rings (SSSR count). The number of rotatable bonds is 9. The van der Waals surface area contributed by atoms with Crippen LogP contribution in [0.25, 0.3) is 0 Å². The lowest BCUT2D eigenvalue weighted by molar-refractivity contribution is -0.119. The van der Waals surface area contributed by atoms with Gasteiger partial charge < -0.3 is 19.5 Å². The molecule has 0 saturated carbocycles. The molecule has 0 saturated heterocycles. The van der Waals surface area contributed by atoms with E-state index in [2.05, 4.69) is 10.0 Å². The van der Waals surface area contributed by atoms with Crippen LogP contribution in [0.15, 0.2) is 71.6 Å². The first kappa shape index (κ1) is 24.6. The van der Waals surface area contributed by atoms with E-state index in [9.17, 15) is 18.0 Å². The summed E-state index contributed by atoms with van der Waals surface area (Å²) in [4.78, 5) is 24.4. The fourth-order valence-electron chi connectivity index (χ4n) is 2.93. The van der Waals surface area contributed by atoms with Gasteiger partial charge in [-0.1, -0.05) is 17.7 Å². The molecule has 3 aromatic rings. The highest BCUT2D eigenvalue weighted by Gasteiger charge is 2.23. The number of hydrogen-bond acceptors (Lipinski definition) is 7. The molecule has 0 bridgehead atoms. The number of ether oxygens (including phenoxy) is 3. The summed E-state index contributed by atoms with van der Waals surface area (Å²) in [5, 5.41) is 2.59. The Balaban J connectivity index is 1.70. The van der Waals surface area contributed by atoms with Crippen molar-refractivity contribution in [2.45, 2.75) is 11.8 Å². The molecule has 34 heavy (non-hydrogen) atoms. The second-order valence-corrected chi connectivity index (χ2v) is 8.84. The van der Waals surface area contributed by atoms with Crippen LogP contribution in [-0.4, -0.2) is 41.1 Å². The molecule has 0 radical (unpaired) electrons. The molecule has 0 atom stereocenters. The Morgan fingerprint density at radius 3 is 2.12 bits per heavy atom. The molecule has 9 nitrogen and oxygen atoms in total. The Labute approximate surface area is 197 Å². The Bertz CT molecular complexity index is 1270. The molecule has 0 spiro atoms. The van der Waals surface area contributed by atoms with Gasteiger partial charge in [-0.05, 0) is 61.5 Å². The van der Waals surface area contributed by atoms with Crippen molar-refractivity contribution in [1.82, 2.24) is 0 Å². The van der Waals surface area contributed by atoms with Crippen molar-refractivity contribution in [3.05, 3.63) is 77.9 Å². The number of carbonyl (C=O) groups excluding carboxylic acids is 2. The van der Waals surface area contributed by atoms with Gasteiger partial charge in [0, 0.05) is 11.4 Å². The minimum Gasteiger partial charge on any atom is -0.497 e. The zero-order valence-corrected chi connectivity index (χ0v) is 19.6. The van der Waals surface area contributed by atoms with Gasteiger partial charge >= 0.3 is 5.97 Å². The molecular formula is C24H24N2O7S. The van der Waals surface area contributed by atoms with Gasteiger partial charge in [0.2, 0.25) is 0 Å². The number of esters is 1. The first-order chi connectivity index (χ1) is 16.2. The average Bonchev–Trinajstić information content (AvgIpc) is 2.84. The van der Waals surface area contributed by atoms with Gasteiger partial charge in [-0.2, -0.15) is 0 Å². The van der Waals surface area contributed by atoms with Gasteiger partial charge in [0.25, 0.3) is 15.9 Å². The third kappa shape index (κ3) is 6.26. The zero-order chi connectivity index (χ0) is 24.7. The van der Waals surface area contributed by atoms with Crippen molar-refractivity contribution in [3.63, 3.8) is 0 Å². The Morgan fingerprint density at radius 2 is 1.50 bits per heavy atom. The molecular weight excluding hydrogens is 460 g/mol. The summed E-state index contributed by atoms with van der Waals surface area (Å²) >= 11 is 0. The predicted molar refractivity (Wildman–Crippen MR) is 127 cm³/mol. The molecule has 0 heterocycles. The minimum absolute atomic E-state index is 0.0495. The van der Waals surface area contributed by atoms with Crippen molar-refractivity contribution >= 4 is 33.3 Å². The largest absolute Gasteiger partial charge is 0.497 e. The standard InChI is InChI=1S/C24H24N2O7S/c1-16-4-7-19(8-5-16)26-34(29,30)22-14-17(6-13-21(22)32-3)24(28)33-15-23(27)25-18-9-11-20(31-2)12-10-18/h4-14,26H,15H2,1-3H3,(H,25,27). The van der Waals surface area contributed by atoms with E-state index in [1.807, 2.05) is 6.92 Å². The smallest absolute Gasteiger partial charge is 0.338 e. The van der Waals surface area contributed by atoms with Crippen molar-refractivity contribution in [1.29, 1.82) is 0 Å². The van der Waals surface area contributed by atoms with Crippen molar-refractivity contribution < 1.29 is 32.2 Å². The molecule has 10 heteroatoms. The lowest BCUT2D eigenvalue weighted by Crippen LogP contribution is -2.21. The minimum atomic E-state index is -4.08. The molecule has 2 N–H and O–H groups in total. The average molecular weight is 485 g/mol. The van der Waals surface area contributed by atoms with Crippen LogP contribution in [0.3, 0.4) is 0 Å². The van der Waals surface area contributed by atoms with Crippen molar-refractivity contribution in [2.24, 2.45) is 0 Å². The number of nitrogens with one attached hydrogen (secondary N) is 2. The zero-order valence-electron chi connectivity index (χ0n) is 18.8. The second-order valence-electron chi connectivity index (χ2n) is 7.19. The molecule has 1 amide bonds. The first-order valence-electron chi connectivity index (χ1n) is 10.1. The van der Waals surface area contributed by atoms with E-state index in [0.717, 1.165) is 11.6 Å². The van der Waals surface area contributed by atoms with Crippen LogP contribution in [0.5, 0.6) is 11.5 Å². The molecule has 0 aliphatic heterocycles. The summed E-state index contributed by atoms with van der Waals surface area (Å²) in [5.74, 6) is -0.736. The SMILES string of the molecule is COc1ccc(NC(=O)COC(=O)c2ccc(OC)c(S(=O)(=O)Nc3ccc(C)cc3)c2)cc1. The number of benzene rings is 3. The topological polar surface area (TPSA) is 120 Å². The molecule has 0 aromatic heterocycles. The highest BCUT2D eigenvalue weighted by atomic mass is 32.2. The summed E-state index contributed by atoms with van der Waals surface area (Å²) in [6.07, 6.45) is 0. The van der Waals surface area contributed by atoms with E-state index in [-0.39, 0.29) is 16.2 Å². The third-order valence-electron chi connectivity index (χ3n) is 4.70. The molecule has 0 aliphatic rings. The number of sulfonamides is 1. The van der Waals surface area contributed by atoms with Gasteiger partial charge in [0.1, 0.15) is 16.4 Å². The molecule has 0 unspecified atom stereocenters. The summed E-state index contributed by atoms with van der Waals surface area (Å²) in [5.41, 5.74) is 1.78. The van der Waals surface area contributed by atoms with Crippen LogP contribution >= 0.6 is 0 Å². The van der Waals surface area contributed by atoms with E-state index in [1.165, 1.54) is 26.4 Å². The van der Waals surface area contributed by atoms with E-state index >= 15 is 0 Å². The molecule has 0 fully saturated rings.